The van der Waals surface area contributed by atoms with Gasteiger partial charge < -0.3 is 19.8 Å². The standard InChI is InChI=1S/C28H26Cl2F2N4O3/c1-35-23(24(37)10-29)14-38-15-26(35)36-12-20(27-22(36)9-19(11-31)34-28(27)33)17-4-7-25(21(32)8-17)39-13-16-2-5-18(30)6-3-16/h2-9,12,23,26H,10-11,13-15H2,1H3,(H2,33,34). The summed E-state index contributed by atoms with van der Waals surface area (Å²) in [6.45, 7) is -0.150. The number of hydrogen-bond donors (Lipinski definition) is 1. The monoisotopic (exact) mass is 574 g/mol. The molecule has 2 aromatic carbocycles. The van der Waals surface area contributed by atoms with Gasteiger partial charge in [-0.25, -0.2) is 13.8 Å². The third-order valence-electron chi connectivity index (χ3n) is 6.91. The summed E-state index contributed by atoms with van der Waals surface area (Å²) in [4.78, 5) is 18.5. The highest BCUT2D eigenvalue weighted by Gasteiger charge is 2.34. The highest BCUT2D eigenvalue weighted by Crippen LogP contribution is 2.39. The number of benzene rings is 2. The van der Waals surface area contributed by atoms with E-state index < -0.39 is 24.7 Å². The van der Waals surface area contributed by atoms with Gasteiger partial charge in [-0.3, -0.25) is 9.69 Å². The highest BCUT2D eigenvalue weighted by molar-refractivity contribution is 6.30. The zero-order valence-electron chi connectivity index (χ0n) is 21.0. The Kier molecular flexibility index (Phi) is 8.04. The lowest BCUT2D eigenvalue weighted by Crippen LogP contribution is -2.51. The number of carbonyl (C=O) groups is 1. The normalized spacial score (nSPS) is 18.0. The quantitative estimate of drug-likeness (QED) is 0.269. The van der Waals surface area contributed by atoms with Crippen LogP contribution in [-0.4, -0.2) is 52.4 Å². The number of rotatable bonds is 8. The molecule has 1 fully saturated rings. The molecule has 0 radical (unpaired) electrons. The summed E-state index contributed by atoms with van der Waals surface area (Å²) < 4.78 is 42.1. The Morgan fingerprint density at radius 2 is 1.97 bits per heavy atom. The summed E-state index contributed by atoms with van der Waals surface area (Å²) in [7, 11) is 1.81. The molecule has 0 amide bonds. The third-order valence-corrected chi connectivity index (χ3v) is 7.43. The predicted octanol–water partition coefficient (Wildman–Crippen LogP) is 5.76. The van der Waals surface area contributed by atoms with Crippen LogP contribution in [0.3, 0.4) is 0 Å². The van der Waals surface area contributed by atoms with E-state index in [1.165, 1.54) is 6.07 Å². The fourth-order valence-corrected chi connectivity index (χ4v) is 5.14. The Bertz CT molecular complexity index is 1510. The van der Waals surface area contributed by atoms with Gasteiger partial charge in [0.15, 0.2) is 17.3 Å². The van der Waals surface area contributed by atoms with Crippen molar-refractivity contribution < 1.29 is 23.0 Å². The summed E-state index contributed by atoms with van der Waals surface area (Å²) in [5.74, 6) is -0.656. The predicted molar refractivity (Wildman–Crippen MR) is 147 cm³/mol. The molecule has 2 atom stereocenters. The van der Waals surface area contributed by atoms with Crippen LogP contribution < -0.4 is 10.5 Å². The zero-order chi connectivity index (χ0) is 27.7. The zero-order valence-corrected chi connectivity index (χ0v) is 22.6. The van der Waals surface area contributed by atoms with Crippen LogP contribution in [0.5, 0.6) is 5.75 Å². The van der Waals surface area contributed by atoms with Crippen molar-refractivity contribution in [1.82, 2.24) is 14.5 Å². The largest absolute Gasteiger partial charge is 0.486 e. The highest BCUT2D eigenvalue weighted by atomic mass is 35.5. The fourth-order valence-electron chi connectivity index (χ4n) is 4.83. The van der Waals surface area contributed by atoms with E-state index in [1.54, 1.807) is 43.6 Å². The molecule has 2 unspecified atom stereocenters. The number of aromatic nitrogens is 2. The number of likely N-dealkylation sites (N-methyl/N-ethyl adjacent to an activating group) is 1. The number of nitrogens with two attached hydrogens (primary N) is 1. The Balaban J connectivity index is 1.53. The third kappa shape index (κ3) is 5.45. The molecule has 11 heteroatoms. The minimum Gasteiger partial charge on any atom is -0.486 e. The van der Waals surface area contributed by atoms with Gasteiger partial charge in [-0.05, 0) is 48.5 Å². The Labute approximate surface area is 234 Å². The molecule has 0 bridgehead atoms. The average molecular weight is 575 g/mol. The van der Waals surface area contributed by atoms with Crippen molar-refractivity contribution in [2.75, 3.05) is 31.9 Å². The van der Waals surface area contributed by atoms with E-state index in [4.69, 9.17) is 38.4 Å². The van der Waals surface area contributed by atoms with E-state index in [1.807, 2.05) is 21.6 Å². The van der Waals surface area contributed by atoms with E-state index >= 15 is 4.39 Å². The number of fused-ring (bicyclic) bond motifs is 1. The molecular formula is C28H26Cl2F2N4O3. The molecule has 0 aliphatic carbocycles. The van der Waals surface area contributed by atoms with Crippen molar-refractivity contribution in [2.45, 2.75) is 25.5 Å². The van der Waals surface area contributed by atoms with Crippen molar-refractivity contribution in [3.63, 3.8) is 0 Å². The number of halogens is 4. The molecule has 5 rings (SSSR count). The number of morpholine rings is 1. The summed E-state index contributed by atoms with van der Waals surface area (Å²) >= 11 is 11.7. The number of pyridine rings is 1. The summed E-state index contributed by atoms with van der Waals surface area (Å²) in [5.41, 5.74) is 9.03. The lowest BCUT2D eigenvalue weighted by molar-refractivity contribution is -0.133. The van der Waals surface area contributed by atoms with E-state index in [0.29, 0.717) is 27.1 Å². The van der Waals surface area contributed by atoms with Crippen molar-refractivity contribution in [3.8, 4) is 16.9 Å². The molecular weight excluding hydrogens is 549 g/mol. The van der Waals surface area contributed by atoms with E-state index in [-0.39, 0.29) is 48.7 Å². The lowest BCUT2D eigenvalue weighted by Gasteiger charge is -2.39. The first-order chi connectivity index (χ1) is 18.8. The molecule has 7 nitrogen and oxygen atoms in total. The van der Waals surface area contributed by atoms with Gasteiger partial charge in [-0.2, -0.15) is 0 Å². The van der Waals surface area contributed by atoms with Gasteiger partial charge in [-0.1, -0.05) is 29.8 Å². The molecule has 1 aliphatic rings. The van der Waals surface area contributed by atoms with Crippen molar-refractivity contribution >= 4 is 45.7 Å². The number of ether oxygens (including phenoxy) is 2. The summed E-state index contributed by atoms with van der Waals surface area (Å²) in [5, 5.41) is 1.15. The van der Waals surface area contributed by atoms with Gasteiger partial charge in [0.25, 0.3) is 0 Å². The second-order valence-corrected chi connectivity index (χ2v) is 10.0. The number of Topliss-reactive ketones (excluding diaryl/α,β-unsaturated/α-hetero) is 1. The van der Waals surface area contributed by atoms with Crippen molar-refractivity contribution in [3.05, 3.63) is 76.8 Å². The van der Waals surface area contributed by atoms with Crippen LogP contribution in [0.2, 0.25) is 5.02 Å². The molecule has 204 valence electrons. The molecule has 0 saturated carbocycles. The van der Waals surface area contributed by atoms with Crippen LogP contribution in [0.15, 0.2) is 54.7 Å². The number of carbonyl (C=O) groups excluding carboxylic acids is 1. The van der Waals surface area contributed by atoms with Crippen LogP contribution in [0, 0.1) is 5.82 Å². The maximum Gasteiger partial charge on any atom is 0.167 e. The molecule has 4 aromatic rings. The van der Waals surface area contributed by atoms with E-state index in [0.717, 1.165) is 5.56 Å². The van der Waals surface area contributed by atoms with Gasteiger partial charge in [-0.15, -0.1) is 11.6 Å². The minimum atomic E-state index is -0.806. The molecule has 2 aromatic heterocycles. The van der Waals surface area contributed by atoms with E-state index in [9.17, 15) is 9.18 Å². The first-order valence-electron chi connectivity index (χ1n) is 12.2. The molecule has 0 spiro atoms. The van der Waals surface area contributed by atoms with Crippen LogP contribution in [0.1, 0.15) is 17.4 Å². The maximum absolute atomic E-state index is 15.2. The molecule has 3 heterocycles. The van der Waals surface area contributed by atoms with Crippen LogP contribution in [0.4, 0.5) is 14.6 Å². The first-order valence-corrected chi connectivity index (χ1v) is 13.1. The van der Waals surface area contributed by atoms with Gasteiger partial charge >= 0.3 is 0 Å². The maximum atomic E-state index is 15.2. The van der Waals surface area contributed by atoms with Gasteiger partial charge in [0.1, 0.15) is 25.3 Å². The number of anilines is 1. The van der Waals surface area contributed by atoms with Crippen molar-refractivity contribution in [2.24, 2.45) is 0 Å². The fraction of sp³-hybridized carbons (Fsp3) is 0.286. The number of hydrogen-bond acceptors (Lipinski definition) is 6. The first kappa shape index (κ1) is 27.3. The molecule has 39 heavy (non-hydrogen) atoms. The van der Waals surface area contributed by atoms with Crippen molar-refractivity contribution in [1.29, 1.82) is 0 Å². The van der Waals surface area contributed by atoms with Gasteiger partial charge in [0.2, 0.25) is 0 Å². The lowest BCUT2D eigenvalue weighted by atomic mass is 10.0. The molecule has 1 aliphatic heterocycles. The average Bonchev–Trinajstić information content (AvgIpc) is 3.32. The summed E-state index contributed by atoms with van der Waals surface area (Å²) in [6.07, 6.45) is 1.37. The molecule has 1 saturated heterocycles. The number of nitrogen functional groups attached to an aromatic ring is 1. The topological polar surface area (TPSA) is 82.6 Å². The summed E-state index contributed by atoms with van der Waals surface area (Å²) in [6, 6.07) is 12.8. The van der Waals surface area contributed by atoms with E-state index in [2.05, 4.69) is 4.98 Å². The second kappa shape index (κ2) is 11.5. The Morgan fingerprint density at radius 3 is 2.67 bits per heavy atom. The SMILES string of the molecule is CN1C(C(=O)CCl)COCC1n1cc(-c2ccc(OCc3ccc(Cl)cc3)c(F)c2)c2c(N)nc(CF)cc21. The second-order valence-electron chi connectivity index (χ2n) is 9.34. The van der Waals surface area contributed by atoms with Crippen LogP contribution >= 0.6 is 23.2 Å². The minimum absolute atomic E-state index is 0.0890. The number of nitrogens with zero attached hydrogens (tertiary/aromatic N) is 3. The molecule has 2 N–H and O–H groups in total. The van der Waals surface area contributed by atoms with Gasteiger partial charge in [0, 0.05) is 22.2 Å². The Morgan fingerprint density at radius 1 is 1.21 bits per heavy atom. The Hall–Kier alpha value is -3.24. The van der Waals surface area contributed by atoms with Gasteiger partial charge in [0.05, 0.1) is 36.3 Å². The number of ketones is 1. The number of alkyl halides is 2. The van der Waals surface area contributed by atoms with Crippen LogP contribution in [-0.2, 0) is 22.8 Å². The van der Waals surface area contributed by atoms with Crippen LogP contribution in [0.25, 0.3) is 22.0 Å². The smallest absolute Gasteiger partial charge is 0.167 e.